The minimum absolute atomic E-state index is 0.0339. The average molecular weight is 263 g/mol. The Kier molecular flexibility index (Phi) is 1.99. The number of hydrogen-bond donors (Lipinski definition) is 0. The van der Waals surface area contributed by atoms with Crippen LogP contribution in [0, 0.1) is 30.6 Å². The molecule has 4 atom stereocenters. The summed E-state index contributed by atoms with van der Waals surface area (Å²) in [6.07, 6.45) is 3.28. The molecule has 4 rings (SSSR count). The summed E-state index contributed by atoms with van der Waals surface area (Å²) in [6.45, 7) is 1.83. The number of imide groups is 1. The molecule has 1 aliphatic heterocycles. The van der Waals surface area contributed by atoms with Crippen LogP contribution < -0.4 is 4.90 Å². The van der Waals surface area contributed by atoms with Gasteiger partial charge in [-0.1, -0.05) is 11.3 Å². The summed E-state index contributed by atoms with van der Waals surface area (Å²) in [5, 5.41) is 9.09. The third kappa shape index (κ3) is 1.16. The van der Waals surface area contributed by atoms with Crippen molar-refractivity contribution in [3.63, 3.8) is 0 Å². The molecular weight excluding hydrogens is 250 g/mol. The van der Waals surface area contributed by atoms with Crippen LogP contribution in [0.15, 0.2) is 0 Å². The van der Waals surface area contributed by atoms with Crippen LogP contribution in [0.25, 0.3) is 0 Å². The predicted octanol–water partition coefficient (Wildman–Crippen LogP) is 1.38. The molecule has 4 unspecified atom stereocenters. The summed E-state index contributed by atoms with van der Waals surface area (Å²) in [5.74, 6) is 0.647. The van der Waals surface area contributed by atoms with Gasteiger partial charge in [0, 0.05) is 0 Å². The van der Waals surface area contributed by atoms with Gasteiger partial charge in [0.05, 0.1) is 11.8 Å². The van der Waals surface area contributed by atoms with Crippen molar-refractivity contribution in [2.75, 3.05) is 4.90 Å². The molecule has 0 radical (unpaired) electrons. The van der Waals surface area contributed by atoms with E-state index in [-0.39, 0.29) is 23.7 Å². The number of hydrogen-bond acceptors (Lipinski definition) is 5. The minimum Gasteiger partial charge on any atom is -0.274 e. The first-order valence-electron chi connectivity index (χ1n) is 6.34. The highest BCUT2D eigenvalue weighted by Crippen LogP contribution is 2.56. The molecule has 2 amide bonds. The molecule has 2 bridgehead atoms. The van der Waals surface area contributed by atoms with Crippen molar-refractivity contribution in [2.45, 2.75) is 26.2 Å². The van der Waals surface area contributed by atoms with E-state index < -0.39 is 0 Å². The van der Waals surface area contributed by atoms with Gasteiger partial charge in [0.1, 0.15) is 5.01 Å². The van der Waals surface area contributed by atoms with Crippen LogP contribution in [0.4, 0.5) is 5.13 Å². The fourth-order valence-electron chi connectivity index (χ4n) is 3.97. The second-order valence-corrected chi connectivity index (χ2v) is 6.66. The predicted molar refractivity (Wildman–Crippen MR) is 65.0 cm³/mol. The van der Waals surface area contributed by atoms with Crippen LogP contribution in [0.1, 0.15) is 24.3 Å². The van der Waals surface area contributed by atoms with Crippen LogP contribution in [0.2, 0.25) is 0 Å². The van der Waals surface area contributed by atoms with Crippen molar-refractivity contribution in [3.05, 3.63) is 5.01 Å². The van der Waals surface area contributed by atoms with Gasteiger partial charge in [0.15, 0.2) is 0 Å². The molecular formula is C12H13N3O2S. The lowest BCUT2D eigenvalue weighted by Gasteiger charge is -2.19. The molecule has 0 aromatic carbocycles. The number of aryl methyl sites for hydroxylation is 1. The highest BCUT2D eigenvalue weighted by molar-refractivity contribution is 7.15. The maximum atomic E-state index is 12.4. The van der Waals surface area contributed by atoms with Gasteiger partial charge < -0.3 is 0 Å². The van der Waals surface area contributed by atoms with Crippen molar-refractivity contribution in [2.24, 2.45) is 23.7 Å². The number of nitrogens with zero attached hydrogens (tertiary/aromatic N) is 3. The van der Waals surface area contributed by atoms with Gasteiger partial charge in [-0.2, -0.15) is 0 Å². The maximum Gasteiger partial charge on any atom is 0.239 e. The quantitative estimate of drug-likeness (QED) is 0.718. The standard InChI is InChI=1S/C12H13N3O2S/c1-5-13-14-12(18-5)15-10(16)8-6-2-3-7(4-6)9(8)11(15)17/h6-9H,2-4H2,1H3. The molecule has 3 aliphatic rings. The fraction of sp³-hybridized carbons (Fsp3) is 0.667. The van der Waals surface area contributed by atoms with E-state index in [1.165, 1.54) is 16.2 Å². The lowest BCUT2D eigenvalue weighted by molar-refractivity contribution is -0.123. The minimum atomic E-state index is -0.0690. The summed E-state index contributed by atoms with van der Waals surface area (Å²) < 4.78 is 0. The first kappa shape index (κ1) is 10.6. The molecule has 94 valence electrons. The van der Waals surface area contributed by atoms with Gasteiger partial charge in [-0.25, -0.2) is 4.90 Å². The Morgan fingerprint density at radius 2 is 1.72 bits per heavy atom. The summed E-state index contributed by atoms with van der Waals surface area (Å²) in [7, 11) is 0. The first-order valence-corrected chi connectivity index (χ1v) is 7.16. The van der Waals surface area contributed by atoms with E-state index in [4.69, 9.17) is 0 Å². The number of carbonyl (C=O) groups excluding carboxylic acids is 2. The van der Waals surface area contributed by atoms with E-state index in [1.807, 2.05) is 6.92 Å². The van der Waals surface area contributed by atoms with Gasteiger partial charge in [0.2, 0.25) is 16.9 Å². The normalized spacial score (nSPS) is 37.7. The number of aromatic nitrogens is 2. The zero-order chi connectivity index (χ0) is 12.4. The fourth-order valence-corrected chi connectivity index (χ4v) is 4.67. The topological polar surface area (TPSA) is 63.2 Å². The monoisotopic (exact) mass is 263 g/mol. The van der Waals surface area contributed by atoms with Crippen LogP contribution in [-0.2, 0) is 9.59 Å². The van der Waals surface area contributed by atoms with E-state index in [2.05, 4.69) is 10.2 Å². The van der Waals surface area contributed by atoms with E-state index in [0.29, 0.717) is 17.0 Å². The van der Waals surface area contributed by atoms with Crippen molar-refractivity contribution in [3.8, 4) is 0 Å². The zero-order valence-electron chi connectivity index (χ0n) is 10.00. The molecule has 2 saturated carbocycles. The Hall–Kier alpha value is -1.30. The lowest BCUT2D eigenvalue weighted by Crippen LogP contribution is -2.32. The molecule has 0 N–H and O–H groups in total. The Balaban J connectivity index is 1.75. The van der Waals surface area contributed by atoms with Gasteiger partial charge >= 0.3 is 0 Å². The van der Waals surface area contributed by atoms with Crippen LogP contribution in [-0.4, -0.2) is 22.0 Å². The Morgan fingerprint density at radius 1 is 1.11 bits per heavy atom. The molecule has 18 heavy (non-hydrogen) atoms. The van der Waals surface area contributed by atoms with Gasteiger partial charge in [0.25, 0.3) is 0 Å². The second-order valence-electron chi connectivity index (χ2n) is 5.50. The van der Waals surface area contributed by atoms with Crippen LogP contribution >= 0.6 is 11.3 Å². The highest BCUT2D eigenvalue weighted by Gasteiger charge is 2.61. The third-order valence-corrected chi connectivity index (χ3v) is 5.46. The summed E-state index contributed by atoms with van der Waals surface area (Å²) in [6, 6.07) is 0. The van der Waals surface area contributed by atoms with E-state index in [9.17, 15) is 9.59 Å². The third-order valence-electron chi connectivity index (χ3n) is 4.63. The molecule has 1 aromatic rings. The number of carbonyl (C=O) groups is 2. The Bertz CT molecular complexity index is 527. The van der Waals surface area contributed by atoms with Crippen molar-refractivity contribution < 1.29 is 9.59 Å². The summed E-state index contributed by atoms with van der Waals surface area (Å²) in [5.41, 5.74) is 0. The molecule has 3 fully saturated rings. The average Bonchev–Trinajstić information content (AvgIpc) is 3.05. The molecule has 2 aliphatic carbocycles. The Morgan fingerprint density at radius 3 is 2.22 bits per heavy atom. The van der Waals surface area contributed by atoms with Crippen LogP contribution in [0.5, 0.6) is 0 Å². The Labute approximate surface area is 108 Å². The van der Waals surface area contributed by atoms with Crippen molar-refractivity contribution in [1.82, 2.24) is 10.2 Å². The van der Waals surface area contributed by atoms with E-state index in [1.54, 1.807) is 0 Å². The smallest absolute Gasteiger partial charge is 0.239 e. The molecule has 1 aromatic heterocycles. The van der Waals surface area contributed by atoms with Gasteiger partial charge in [-0.3, -0.25) is 9.59 Å². The van der Waals surface area contributed by atoms with E-state index >= 15 is 0 Å². The van der Waals surface area contributed by atoms with Crippen LogP contribution in [0.3, 0.4) is 0 Å². The number of anilines is 1. The molecule has 2 heterocycles. The lowest BCUT2D eigenvalue weighted by atomic mass is 9.81. The molecule has 1 saturated heterocycles. The number of rotatable bonds is 1. The highest BCUT2D eigenvalue weighted by atomic mass is 32.1. The van der Waals surface area contributed by atoms with Crippen molar-refractivity contribution >= 4 is 28.3 Å². The number of fused-ring (bicyclic) bond motifs is 5. The molecule has 6 heteroatoms. The second kappa shape index (κ2) is 3.38. The summed E-state index contributed by atoms with van der Waals surface area (Å²) in [4.78, 5) is 26.2. The number of amides is 2. The first-order chi connectivity index (χ1) is 8.66. The summed E-state index contributed by atoms with van der Waals surface area (Å²) >= 11 is 1.32. The maximum absolute atomic E-state index is 12.4. The molecule has 0 spiro atoms. The largest absolute Gasteiger partial charge is 0.274 e. The SMILES string of the molecule is Cc1nnc(N2C(=O)C3C4CCC(C4)C3C2=O)s1. The van der Waals surface area contributed by atoms with Gasteiger partial charge in [-0.05, 0) is 38.0 Å². The molecule has 5 nitrogen and oxygen atoms in total. The van der Waals surface area contributed by atoms with Gasteiger partial charge in [-0.15, -0.1) is 10.2 Å². The zero-order valence-corrected chi connectivity index (χ0v) is 10.8. The van der Waals surface area contributed by atoms with E-state index in [0.717, 1.165) is 24.3 Å². The van der Waals surface area contributed by atoms with Crippen molar-refractivity contribution in [1.29, 1.82) is 0 Å².